The van der Waals surface area contributed by atoms with Gasteiger partial charge in [0, 0.05) is 18.2 Å². The molecule has 0 spiro atoms. The number of carbonyl (C=O) groups is 1. The average Bonchev–Trinajstić information content (AvgIpc) is 2.99. The number of halogens is 1. The standard InChI is InChI=1S/C21H23FN2O3/c22-16-5-7-17(8-6-16)23-21(25)14-24-10-1-3-18(24)15-4-9-19-20(13-15)27-12-2-11-26-19/h4-9,13,18H,1-3,10-12,14H2,(H,23,25)/t18-/m1/s1. The molecule has 2 aromatic carbocycles. The van der Waals surface area contributed by atoms with Crippen LogP contribution in [0.1, 0.15) is 30.9 Å². The minimum Gasteiger partial charge on any atom is -0.490 e. The van der Waals surface area contributed by atoms with Crippen molar-refractivity contribution >= 4 is 11.6 Å². The number of carbonyl (C=O) groups excluding carboxylic acids is 1. The topological polar surface area (TPSA) is 50.8 Å². The fourth-order valence-corrected chi connectivity index (χ4v) is 3.70. The molecule has 1 fully saturated rings. The number of nitrogens with zero attached hydrogens (tertiary/aromatic N) is 1. The Morgan fingerprint density at radius 2 is 1.85 bits per heavy atom. The Morgan fingerprint density at radius 1 is 1.07 bits per heavy atom. The molecule has 1 saturated heterocycles. The molecule has 1 atom stereocenters. The van der Waals surface area contributed by atoms with Crippen LogP contribution in [0.5, 0.6) is 11.5 Å². The number of likely N-dealkylation sites (tertiary alicyclic amines) is 1. The van der Waals surface area contributed by atoms with Gasteiger partial charge in [0.25, 0.3) is 0 Å². The molecule has 1 N–H and O–H groups in total. The number of hydrogen-bond acceptors (Lipinski definition) is 4. The van der Waals surface area contributed by atoms with E-state index in [1.165, 1.54) is 12.1 Å². The first-order valence-electron chi connectivity index (χ1n) is 9.38. The second-order valence-electron chi connectivity index (χ2n) is 6.94. The normalized spacial score (nSPS) is 19.5. The summed E-state index contributed by atoms with van der Waals surface area (Å²) in [6.45, 7) is 2.50. The van der Waals surface area contributed by atoms with E-state index in [-0.39, 0.29) is 17.8 Å². The van der Waals surface area contributed by atoms with Gasteiger partial charge in [-0.2, -0.15) is 0 Å². The number of nitrogens with one attached hydrogen (secondary N) is 1. The van der Waals surface area contributed by atoms with Crippen LogP contribution < -0.4 is 14.8 Å². The predicted molar refractivity (Wildman–Crippen MR) is 101 cm³/mol. The summed E-state index contributed by atoms with van der Waals surface area (Å²) in [6.07, 6.45) is 2.93. The van der Waals surface area contributed by atoms with Crippen LogP contribution in [-0.4, -0.2) is 37.1 Å². The molecule has 1 amide bonds. The molecular weight excluding hydrogens is 347 g/mol. The van der Waals surface area contributed by atoms with Crippen molar-refractivity contribution in [2.45, 2.75) is 25.3 Å². The van der Waals surface area contributed by atoms with Crippen molar-refractivity contribution in [2.75, 3.05) is 31.6 Å². The van der Waals surface area contributed by atoms with Gasteiger partial charge in [-0.25, -0.2) is 4.39 Å². The highest BCUT2D eigenvalue weighted by molar-refractivity contribution is 5.92. The predicted octanol–water partition coefficient (Wildman–Crippen LogP) is 3.76. The van der Waals surface area contributed by atoms with Crippen LogP contribution in [0, 0.1) is 5.82 Å². The molecule has 27 heavy (non-hydrogen) atoms. The molecule has 2 heterocycles. The summed E-state index contributed by atoms with van der Waals surface area (Å²) in [6, 6.07) is 12.1. The van der Waals surface area contributed by atoms with Gasteiger partial charge < -0.3 is 14.8 Å². The largest absolute Gasteiger partial charge is 0.490 e. The number of benzene rings is 2. The third kappa shape index (κ3) is 4.22. The summed E-state index contributed by atoms with van der Waals surface area (Å²) in [5.41, 5.74) is 1.75. The number of anilines is 1. The quantitative estimate of drug-likeness (QED) is 0.890. The third-order valence-electron chi connectivity index (χ3n) is 4.99. The zero-order chi connectivity index (χ0) is 18.6. The van der Waals surface area contributed by atoms with E-state index in [0.717, 1.165) is 42.9 Å². The van der Waals surface area contributed by atoms with Crippen molar-refractivity contribution in [3.63, 3.8) is 0 Å². The molecule has 0 radical (unpaired) electrons. The summed E-state index contributed by atoms with van der Waals surface area (Å²) in [7, 11) is 0. The highest BCUT2D eigenvalue weighted by Crippen LogP contribution is 2.37. The Bertz CT molecular complexity index is 810. The fraction of sp³-hybridized carbons (Fsp3) is 0.381. The summed E-state index contributed by atoms with van der Waals surface area (Å²) >= 11 is 0. The van der Waals surface area contributed by atoms with Gasteiger partial charge in [0.05, 0.1) is 19.8 Å². The zero-order valence-electron chi connectivity index (χ0n) is 15.1. The van der Waals surface area contributed by atoms with E-state index in [1.807, 2.05) is 12.1 Å². The van der Waals surface area contributed by atoms with Crippen LogP contribution >= 0.6 is 0 Å². The molecule has 4 rings (SSSR count). The number of hydrogen-bond donors (Lipinski definition) is 1. The smallest absolute Gasteiger partial charge is 0.238 e. The second kappa shape index (κ2) is 7.96. The van der Waals surface area contributed by atoms with E-state index in [2.05, 4.69) is 16.3 Å². The van der Waals surface area contributed by atoms with E-state index in [4.69, 9.17) is 9.47 Å². The van der Waals surface area contributed by atoms with Crippen LogP contribution in [0.4, 0.5) is 10.1 Å². The fourth-order valence-electron chi connectivity index (χ4n) is 3.70. The molecule has 5 nitrogen and oxygen atoms in total. The highest BCUT2D eigenvalue weighted by Gasteiger charge is 2.28. The number of ether oxygens (including phenoxy) is 2. The van der Waals surface area contributed by atoms with Crippen LogP contribution in [0.25, 0.3) is 0 Å². The van der Waals surface area contributed by atoms with E-state index < -0.39 is 0 Å². The molecule has 6 heteroatoms. The lowest BCUT2D eigenvalue weighted by Crippen LogP contribution is -2.32. The van der Waals surface area contributed by atoms with Crippen LogP contribution in [-0.2, 0) is 4.79 Å². The van der Waals surface area contributed by atoms with Gasteiger partial charge in [-0.05, 0) is 61.3 Å². The van der Waals surface area contributed by atoms with Crippen LogP contribution in [0.2, 0.25) is 0 Å². The molecule has 0 aliphatic carbocycles. The zero-order valence-corrected chi connectivity index (χ0v) is 15.1. The third-order valence-corrected chi connectivity index (χ3v) is 4.99. The van der Waals surface area contributed by atoms with E-state index in [9.17, 15) is 9.18 Å². The van der Waals surface area contributed by atoms with Gasteiger partial charge in [0.1, 0.15) is 5.82 Å². The monoisotopic (exact) mass is 370 g/mol. The van der Waals surface area contributed by atoms with Gasteiger partial charge in [-0.1, -0.05) is 6.07 Å². The SMILES string of the molecule is O=C(CN1CCC[C@@H]1c1ccc2c(c1)OCCCO2)Nc1ccc(F)cc1. The second-order valence-corrected chi connectivity index (χ2v) is 6.94. The van der Waals surface area contributed by atoms with Gasteiger partial charge in [-0.3, -0.25) is 9.69 Å². The van der Waals surface area contributed by atoms with E-state index in [1.54, 1.807) is 12.1 Å². The van der Waals surface area contributed by atoms with Gasteiger partial charge >= 0.3 is 0 Å². The number of fused-ring (bicyclic) bond motifs is 1. The summed E-state index contributed by atoms with van der Waals surface area (Å²) in [5.74, 6) is 1.16. The Kier molecular flexibility index (Phi) is 5.25. The van der Waals surface area contributed by atoms with Crippen molar-refractivity contribution in [3.05, 3.63) is 53.8 Å². The lowest BCUT2D eigenvalue weighted by molar-refractivity contribution is -0.117. The average molecular weight is 370 g/mol. The molecule has 2 aliphatic heterocycles. The maximum Gasteiger partial charge on any atom is 0.238 e. The Hall–Kier alpha value is -2.60. The van der Waals surface area contributed by atoms with E-state index >= 15 is 0 Å². The molecule has 142 valence electrons. The summed E-state index contributed by atoms with van der Waals surface area (Å²) in [5, 5.41) is 2.83. The number of rotatable bonds is 4. The first-order chi connectivity index (χ1) is 13.2. The first kappa shape index (κ1) is 17.8. The minimum atomic E-state index is -0.318. The van der Waals surface area contributed by atoms with Gasteiger partial charge in [0.2, 0.25) is 5.91 Å². The van der Waals surface area contributed by atoms with Crippen LogP contribution in [0.3, 0.4) is 0 Å². The van der Waals surface area contributed by atoms with Crippen LogP contribution in [0.15, 0.2) is 42.5 Å². The van der Waals surface area contributed by atoms with Gasteiger partial charge in [0.15, 0.2) is 11.5 Å². The lowest BCUT2D eigenvalue weighted by Gasteiger charge is -2.25. The first-order valence-corrected chi connectivity index (χ1v) is 9.38. The molecule has 0 unspecified atom stereocenters. The highest BCUT2D eigenvalue weighted by atomic mass is 19.1. The van der Waals surface area contributed by atoms with Crippen molar-refractivity contribution in [1.82, 2.24) is 4.90 Å². The Labute approximate surface area is 158 Å². The van der Waals surface area contributed by atoms with E-state index in [0.29, 0.717) is 25.4 Å². The lowest BCUT2D eigenvalue weighted by atomic mass is 10.0. The Morgan fingerprint density at radius 3 is 2.67 bits per heavy atom. The maximum absolute atomic E-state index is 13.0. The summed E-state index contributed by atoms with van der Waals surface area (Å²) in [4.78, 5) is 14.6. The molecule has 0 bridgehead atoms. The van der Waals surface area contributed by atoms with Crippen molar-refractivity contribution in [1.29, 1.82) is 0 Å². The minimum absolute atomic E-state index is 0.0946. The molecule has 2 aromatic rings. The van der Waals surface area contributed by atoms with Crippen molar-refractivity contribution < 1.29 is 18.7 Å². The van der Waals surface area contributed by atoms with Gasteiger partial charge in [-0.15, -0.1) is 0 Å². The molecular formula is C21H23FN2O3. The molecule has 0 saturated carbocycles. The maximum atomic E-state index is 13.0. The Balaban J connectivity index is 1.43. The number of amides is 1. The van der Waals surface area contributed by atoms with Crippen molar-refractivity contribution in [2.24, 2.45) is 0 Å². The van der Waals surface area contributed by atoms with Crippen molar-refractivity contribution in [3.8, 4) is 11.5 Å². The molecule has 2 aliphatic rings. The molecule has 0 aromatic heterocycles. The summed E-state index contributed by atoms with van der Waals surface area (Å²) < 4.78 is 24.5.